The van der Waals surface area contributed by atoms with Crippen molar-refractivity contribution in [3.8, 4) is 16.9 Å². The lowest BCUT2D eigenvalue weighted by Crippen LogP contribution is -2.73. The zero-order valence-corrected chi connectivity index (χ0v) is 22.2. The predicted molar refractivity (Wildman–Crippen MR) is 161 cm³/mol. The minimum Gasteiger partial charge on any atom is -0.518 e. The van der Waals surface area contributed by atoms with Crippen molar-refractivity contribution in [1.82, 2.24) is 0 Å². The molecule has 0 amide bonds. The van der Waals surface area contributed by atoms with Gasteiger partial charge in [-0.3, -0.25) is 0 Å². The van der Waals surface area contributed by atoms with Crippen molar-refractivity contribution in [2.75, 3.05) is 4.57 Å². The molecule has 1 heterocycles. The molecular weight excluding hydrogens is 478 g/mol. The average Bonchev–Trinajstić information content (AvgIpc) is 3.11. The molecule has 1 aliphatic rings. The molecule has 182 valence electrons. The van der Waals surface area contributed by atoms with Crippen molar-refractivity contribution >= 4 is 41.0 Å². The number of benzene rings is 6. The number of para-hydroxylation sites is 3. The van der Waals surface area contributed by atoms with E-state index in [2.05, 4.69) is 157 Å². The monoisotopic (exact) mass is 505 g/mol. The molecule has 0 saturated carbocycles. The normalized spacial score (nSPS) is 16.3. The molecule has 0 bridgehead atoms. The summed E-state index contributed by atoms with van der Waals surface area (Å²) in [5.41, 5.74) is 5.83. The summed E-state index contributed by atoms with van der Waals surface area (Å²) in [6.45, 7) is 2.20. The maximum Gasteiger partial charge on any atom is 0.434 e. The minimum atomic E-state index is -3.22. The number of fused-ring (bicyclic) bond motifs is 4. The summed E-state index contributed by atoms with van der Waals surface area (Å²) in [7, 11) is -3.22. The molecule has 6 aromatic rings. The van der Waals surface area contributed by atoms with Crippen LogP contribution in [0.4, 0.5) is 11.4 Å². The Morgan fingerprint density at radius 1 is 0.526 bits per heavy atom. The summed E-state index contributed by atoms with van der Waals surface area (Å²) in [5.74, 6) is 0.916. The van der Waals surface area contributed by atoms with Crippen LogP contribution in [0.2, 0.25) is 0 Å². The Bertz CT molecular complexity index is 1780. The first kappa shape index (κ1) is 22.6. The van der Waals surface area contributed by atoms with E-state index < -0.39 is 8.48 Å². The van der Waals surface area contributed by atoms with E-state index in [0.29, 0.717) is 0 Å². The van der Waals surface area contributed by atoms with Crippen LogP contribution in [0.5, 0.6) is 5.75 Å². The van der Waals surface area contributed by atoms with Gasteiger partial charge < -0.3 is 8.99 Å². The summed E-state index contributed by atoms with van der Waals surface area (Å²) >= 11 is 0. The maximum absolute atomic E-state index is 7.59. The van der Waals surface area contributed by atoms with Gasteiger partial charge in [0.1, 0.15) is 5.75 Å². The van der Waals surface area contributed by atoms with Crippen LogP contribution in [0.3, 0.4) is 0 Å². The summed E-state index contributed by atoms with van der Waals surface area (Å²) in [5, 5.41) is 4.87. The average molecular weight is 506 g/mol. The van der Waals surface area contributed by atoms with Crippen molar-refractivity contribution in [2.24, 2.45) is 0 Å². The van der Waals surface area contributed by atoms with Crippen LogP contribution in [0.1, 0.15) is 5.56 Å². The fourth-order valence-corrected chi connectivity index (χ4v) is 10.2. The molecule has 38 heavy (non-hydrogen) atoms. The lowest BCUT2D eigenvalue weighted by Gasteiger charge is -2.43. The van der Waals surface area contributed by atoms with Gasteiger partial charge in [0.2, 0.25) is 0 Å². The first-order valence-corrected chi connectivity index (χ1v) is 14.9. The second-order valence-electron chi connectivity index (χ2n) is 9.77. The minimum absolute atomic E-state index is 0.916. The Morgan fingerprint density at radius 2 is 1.16 bits per heavy atom. The molecule has 0 aliphatic carbocycles. The van der Waals surface area contributed by atoms with Gasteiger partial charge in [0, 0.05) is 32.9 Å². The lowest BCUT2D eigenvalue weighted by atomic mass is 10.0. The van der Waals surface area contributed by atoms with Crippen molar-refractivity contribution in [2.45, 2.75) is 6.92 Å². The molecule has 1 aliphatic heterocycles. The lowest BCUT2D eigenvalue weighted by molar-refractivity contribution is 0.567. The summed E-state index contributed by atoms with van der Waals surface area (Å²) in [4.78, 5) is 0. The summed E-state index contributed by atoms with van der Waals surface area (Å²) < 4.78 is 10.1. The highest BCUT2D eigenvalue weighted by Crippen LogP contribution is 2.46. The van der Waals surface area contributed by atoms with Crippen molar-refractivity contribution in [1.29, 1.82) is 0 Å². The van der Waals surface area contributed by atoms with Gasteiger partial charge in [0.25, 0.3) is 0 Å². The molecule has 7 rings (SSSR count). The fraction of sp³-hybridized carbons (Fsp3) is 0.0286. The van der Waals surface area contributed by atoms with Crippen molar-refractivity contribution in [3.63, 3.8) is 0 Å². The Kier molecular flexibility index (Phi) is 5.38. The van der Waals surface area contributed by atoms with E-state index in [1.807, 2.05) is 0 Å². The summed E-state index contributed by atoms with van der Waals surface area (Å²) in [6.07, 6.45) is 0. The van der Waals surface area contributed by atoms with E-state index in [0.717, 1.165) is 22.7 Å². The molecular formula is C35H27NOSi. The third kappa shape index (κ3) is 3.40. The third-order valence-corrected chi connectivity index (χ3v) is 11.5. The Balaban J connectivity index is 1.71. The Labute approximate surface area is 224 Å². The van der Waals surface area contributed by atoms with Crippen LogP contribution in [0.25, 0.3) is 21.9 Å². The van der Waals surface area contributed by atoms with Crippen LogP contribution in [-0.2, 0) is 0 Å². The molecule has 2 nitrogen and oxygen atoms in total. The van der Waals surface area contributed by atoms with Crippen molar-refractivity contribution in [3.05, 3.63) is 151 Å². The largest absolute Gasteiger partial charge is 0.518 e. The fourth-order valence-electron chi connectivity index (χ4n) is 5.87. The molecule has 0 radical (unpaired) electrons. The van der Waals surface area contributed by atoms with Gasteiger partial charge >= 0.3 is 8.48 Å². The smallest absolute Gasteiger partial charge is 0.434 e. The predicted octanol–water partition coefficient (Wildman–Crippen LogP) is 7.60. The molecule has 0 spiro atoms. The Hall–Kier alpha value is -4.60. The topological polar surface area (TPSA) is 12.5 Å². The zero-order valence-electron chi connectivity index (χ0n) is 21.2. The van der Waals surface area contributed by atoms with Crippen LogP contribution in [0.15, 0.2) is 146 Å². The number of hydrogen-bond acceptors (Lipinski definition) is 2. The van der Waals surface area contributed by atoms with E-state index in [1.54, 1.807) is 0 Å². The van der Waals surface area contributed by atoms with Gasteiger partial charge in [-0.25, -0.2) is 0 Å². The van der Waals surface area contributed by atoms with Crippen LogP contribution < -0.4 is 19.4 Å². The highest BCUT2D eigenvalue weighted by molar-refractivity contribution is 7.03. The third-order valence-electron chi connectivity index (χ3n) is 7.57. The van der Waals surface area contributed by atoms with Crippen molar-refractivity contribution < 1.29 is 4.43 Å². The Morgan fingerprint density at radius 3 is 2.00 bits per heavy atom. The van der Waals surface area contributed by atoms with Crippen LogP contribution >= 0.6 is 0 Å². The quantitative estimate of drug-likeness (QED) is 0.230. The van der Waals surface area contributed by atoms with Gasteiger partial charge in [-0.1, -0.05) is 127 Å². The molecule has 0 aromatic heterocycles. The van der Waals surface area contributed by atoms with E-state index in [9.17, 15) is 0 Å². The van der Waals surface area contributed by atoms with Gasteiger partial charge in [-0.2, -0.15) is 0 Å². The molecule has 1 atom stereocenters. The molecule has 0 saturated heterocycles. The number of rotatable bonds is 3. The van der Waals surface area contributed by atoms with Crippen LogP contribution in [-0.4, -0.2) is 8.48 Å². The first-order chi connectivity index (χ1) is 18.8. The number of hydrogen-bond donors (Lipinski definition) is 0. The van der Waals surface area contributed by atoms with E-state index >= 15 is 0 Å². The highest BCUT2D eigenvalue weighted by Gasteiger charge is 2.53. The molecule has 6 aromatic carbocycles. The zero-order chi connectivity index (χ0) is 25.5. The SMILES string of the molecule is Cc1ccccc1N1c2ccccc2-c2ccccc2O[Si]1(c1ccccc1)c1cccc2ccccc12. The molecule has 1 unspecified atom stereocenters. The van der Waals surface area contributed by atoms with Gasteiger partial charge in [-0.05, 0) is 41.5 Å². The van der Waals surface area contributed by atoms with Gasteiger partial charge in [-0.15, -0.1) is 0 Å². The molecule has 0 fully saturated rings. The van der Waals surface area contributed by atoms with E-state index in [1.165, 1.54) is 32.3 Å². The highest BCUT2D eigenvalue weighted by atomic mass is 28.4. The number of anilines is 2. The summed E-state index contributed by atoms with van der Waals surface area (Å²) in [6, 6.07) is 52.1. The number of aryl methyl sites for hydroxylation is 1. The molecule has 0 N–H and O–H groups in total. The second-order valence-corrected chi connectivity index (χ2v) is 12.8. The van der Waals surface area contributed by atoms with E-state index in [4.69, 9.17) is 4.43 Å². The van der Waals surface area contributed by atoms with Crippen LogP contribution in [0, 0.1) is 6.92 Å². The van der Waals surface area contributed by atoms with Gasteiger partial charge in [0.05, 0.1) is 0 Å². The van der Waals surface area contributed by atoms with Gasteiger partial charge in [0.15, 0.2) is 0 Å². The second kappa shape index (κ2) is 9.05. The molecule has 3 heteroatoms. The first-order valence-electron chi connectivity index (χ1n) is 13.0. The maximum atomic E-state index is 7.59. The standard InChI is InChI=1S/C35H27NOSi/c1-26-14-5-10-22-32(26)36-33-23-11-8-20-30(33)31-21-9-12-24-34(31)37-38(36,28-17-3-2-4-18-28)35-25-13-16-27-15-6-7-19-29(27)35/h2-25H,1H3. The van der Waals surface area contributed by atoms with E-state index in [-0.39, 0.29) is 0 Å². The number of nitrogens with zero attached hydrogens (tertiary/aromatic N) is 1.